The Kier molecular flexibility index (Phi) is 5.02. The van der Waals surface area contributed by atoms with Gasteiger partial charge in [-0.2, -0.15) is 10.2 Å². The van der Waals surface area contributed by atoms with Gasteiger partial charge in [-0.05, 0) is 51.7 Å². The summed E-state index contributed by atoms with van der Waals surface area (Å²) < 4.78 is 2.00. The second kappa shape index (κ2) is 7.20. The SMILES string of the molecule is Cc1cc(C)n(CCCC(=O)N2CCC[C@H](c3[nH]ncc3C)C2)n1. The molecule has 2 aromatic rings. The van der Waals surface area contributed by atoms with Crippen molar-refractivity contribution in [3.63, 3.8) is 0 Å². The lowest BCUT2D eigenvalue weighted by Gasteiger charge is -2.32. The number of amides is 1. The molecule has 2 aromatic heterocycles. The maximum Gasteiger partial charge on any atom is 0.222 e. The number of nitrogens with zero attached hydrogens (tertiary/aromatic N) is 4. The number of carbonyl (C=O) groups excluding carboxylic acids is 1. The molecule has 6 heteroatoms. The van der Waals surface area contributed by atoms with Gasteiger partial charge in [0.15, 0.2) is 0 Å². The van der Waals surface area contributed by atoms with Crippen LogP contribution in [0.25, 0.3) is 0 Å². The zero-order valence-electron chi connectivity index (χ0n) is 14.9. The van der Waals surface area contributed by atoms with Crippen LogP contribution in [0.5, 0.6) is 0 Å². The highest BCUT2D eigenvalue weighted by atomic mass is 16.2. The van der Waals surface area contributed by atoms with Crippen molar-refractivity contribution in [3.05, 3.63) is 34.9 Å². The third kappa shape index (κ3) is 3.68. The molecule has 1 aliphatic rings. The lowest BCUT2D eigenvalue weighted by atomic mass is 9.92. The van der Waals surface area contributed by atoms with E-state index >= 15 is 0 Å². The van der Waals surface area contributed by atoms with Crippen LogP contribution in [0.3, 0.4) is 0 Å². The molecule has 3 heterocycles. The molecule has 0 bridgehead atoms. The number of hydrogen-bond acceptors (Lipinski definition) is 3. The molecule has 24 heavy (non-hydrogen) atoms. The number of nitrogens with one attached hydrogen (secondary N) is 1. The number of aryl methyl sites for hydroxylation is 4. The number of aromatic amines is 1. The van der Waals surface area contributed by atoms with Crippen molar-refractivity contribution in [2.24, 2.45) is 0 Å². The predicted molar refractivity (Wildman–Crippen MR) is 92.8 cm³/mol. The van der Waals surface area contributed by atoms with E-state index in [1.54, 1.807) is 0 Å². The van der Waals surface area contributed by atoms with Crippen LogP contribution in [0.4, 0.5) is 0 Å². The van der Waals surface area contributed by atoms with Gasteiger partial charge >= 0.3 is 0 Å². The fourth-order valence-electron chi connectivity index (χ4n) is 3.65. The van der Waals surface area contributed by atoms with Gasteiger partial charge in [0.25, 0.3) is 0 Å². The van der Waals surface area contributed by atoms with Crippen LogP contribution in [0.2, 0.25) is 0 Å². The van der Waals surface area contributed by atoms with Crippen LogP contribution in [0, 0.1) is 20.8 Å². The molecule has 1 amide bonds. The number of hydrogen-bond donors (Lipinski definition) is 1. The highest BCUT2D eigenvalue weighted by Crippen LogP contribution is 2.27. The van der Waals surface area contributed by atoms with Crippen LogP contribution in [-0.2, 0) is 11.3 Å². The molecule has 1 saturated heterocycles. The summed E-state index contributed by atoms with van der Waals surface area (Å²) in [6, 6.07) is 2.07. The normalized spacial score (nSPS) is 18.1. The quantitative estimate of drug-likeness (QED) is 0.917. The van der Waals surface area contributed by atoms with E-state index < -0.39 is 0 Å². The van der Waals surface area contributed by atoms with E-state index in [-0.39, 0.29) is 5.91 Å². The first kappa shape index (κ1) is 16.7. The predicted octanol–water partition coefficient (Wildman–Crippen LogP) is 2.72. The highest BCUT2D eigenvalue weighted by Gasteiger charge is 2.26. The Hall–Kier alpha value is -2.11. The van der Waals surface area contributed by atoms with Crippen LogP contribution in [-0.4, -0.2) is 43.9 Å². The van der Waals surface area contributed by atoms with Crippen molar-refractivity contribution in [2.45, 2.75) is 58.9 Å². The molecule has 0 aliphatic carbocycles. The molecule has 0 saturated carbocycles. The zero-order valence-corrected chi connectivity index (χ0v) is 14.9. The minimum absolute atomic E-state index is 0.262. The van der Waals surface area contributed by atoms with Crippen LogP contribution in [0.15, 0.2) is 12.3 Å². The summed E-state index contributed by atoms with van der Waals surface area (Å²) in [4.78, 5) is 14.6. The molecule has 0 spiro atoms. The van der Waals surface area contributed by atoms with E-state index in [1.165, 1.54) is 11.3 Å². The Morgan fingerprint density at radius 3 is 2.88 bits per heavy atom. The highest BCUT2D eigenvalue weighted by molar-refractivity contribution is 5.76. The topological polar surface area (TPSA) is 66.8 Å². The lowest BCUT2D eigenvalue weighted by molar-refractivity contribution is -0.132. The van der Waals surface area contributed by atoms with E-state index in [1.807, 2.05) is 22.7 Å². The Labute approximate surface area is 143 Å². The van der Waals surface area contributed by atoms with Crippen LogP contribution < -0.4 is 0 Å². The molecule has 0 unspecified atom stereocenters. The van der Waals surface area contributed by atoms with E-state index in [0.717, 1.165) is 50.3 Å². The second-order valence-electron chi connectivity index (χ2n) is 6.90. The van der Waals surface area contributed by atoms with Gasteiger partial charge in [0.2, 0.25) is 5.91 Å². The molecule has 0 radical (unpaired) electrons. The molecular weight excluding hydrogens is 302 g/mol. The van der Waals surface area contributed by atoms with Crippen molar-refractivity contribution >= 4 is 5.91 Å². The number of aromatic nitrogens is 4. The summed E-state index contributed by atoms with van der Waals surface area (Å²) in [6.45, 7) is 8.63. The molecule has 0 aromatic carbocycles. The summed E-state index contributed by atoms with van der Waals surface area (Å²) in [5.41, 5.74) is 4.58. The molecule has 1 fully saturated rings. The molecule has 6 nitrogen and oxygen atoms in total. The third-order valence-corrected chi connectivity index (χ3v) is 4.91. The number of carbonyl (C=O) groups is 1. The molecule has 1 atom stereocenters. The Bertz CT molecular complexity index is 702. The van der Waals surface area contributed by atoms with E-state index in [9.17, 15) is 4.79 Å². The van der Waals surface area contributed by atoms with Gasteiger partial charge < -0.3 is 4.90 Å². The monoisotopic (exact) mass is 329 g/mol. The zero-order chi connectivity index (χ0) is 17.1. The first-order valence-electron chi connectivity index (χ1n) is 8.83. The van der Waals surface area contributed by atoms with Gasteiger partial charge in [-0.25, -0.2) is 0 Å². The van der Waals surface area contributed by atoms with Gasteiger partial charge in [0.1, 0.15) is 0 Å². The molecular formula is C18H27N5O. The Morgan fingerprint density at radius 2 is 2.21 bits per heavy atom. The maximum absolute atomic E-state index is 12.5. The number of rotatable bonds is 5. The summed E-state index contributed by atoms with van der Waals surface area (Å²) >= 11 is 0. The first-order chi connectivity index (χ1) is 11.5. The van der Waals surface area contributed by atoms with Gasteiger partial charge in [-0.3, -0.25) is 14.6 Å². The number of likely N-dealkylation sites (tertiary alicyclic amines) is 1. The minimum Gasteiger partial charge on any atom is -0.342 e. The largest absolute Gasteiger partial charge is 0.342 e. The van der Waals surface area contributed by atoms with Gasteiger partial charge in [-0.1, -0.05) is 0 Å². The summed E-state index contributed by atoms with van der Waals surface area (Å²) in [6.07, 6.45) is 5.48. The maximum atomic E-state index is 12.5. The molecule has 1 N–H and O–H groups in total. The van der Waals surface area contributed by atoms with Crippen LogP contribution >= 0.6 is 0 Å². The van der Waals surface area contributed by atoms with Crippen molar-refractivity contribution in [3.8, 4) is 0 Å². The smallest absolute Gasteiger partial charge is 0.222 e. The molecule has 3 rings (SSSR count). The third-order valence-electron chi connectivity index (χ3n) is 4.91. The number of piperidine rings is 1. The van der Waals surface area contributed by atoms with E-state index in [0.29, 0.717) is 12.3 Å². The standard InChI is InChI=1S/C18H27N5O/c1-13-11-19-20-18(13)16-6-4-8-22(12-16)17(24)7-5-9-23-15(3)10-14(2)21-23/h10-11,16H,4-9,12H2,1-3H3,(H,19,20)/t16-/m0/s1. The van der Waals surface area contributed by atoms with Gasteiger partial charge in [-0.15, -0.1) is 0 Å². The number of H-pyrrole nitrogens is 1. The first-order valence-corrected chi connectivity index (χ1v) is 8.83. The molecule has 1 aliphatic heterocycles. The molecule has 130 valence electrons. The van der Waals surface area contributed by atoms with Crippen LogP contribution in [0.1, 0.15) is 54.2 Å². The Balaban J connectivity index is 1.51. The van der Waals surface area contributed by atoms with Crippen molar-refractivity contribution in [1.29, 1.82) is 0 Å². The minimum atomic E-state index is 0.262. The fraction of sp³-hybridized carbons (Fsp3) is 0.611. The van der Waals surface area contributed by atoms with Gasteiger partial charge in [0.05, 0.1) is 11.9 Å². The lowest BCUT2D eigenvalue weighted by Crippen LogP contribution is -2.39. The summed E-state index contributed by atoms with van der Waals surface area (Å²) in [7, 11) is 0. The summed E-state index contributed by atoms with van der Waals surface area (Å²) in [5.74, 6) is 0.652. The van der Waals surface area contributed by atoms with E-state index in [4.69, 9.17) is 0 Å². The van der Waals surface area contributed by atoms with Crippen molar-refractivity contribution in [2.75, 3.05) is 13.1 Å². The van der Waals surface area contributed by atoms with Gasteiger partial charge in [0, 0.05) is 43.4 Å². The average Bonchev–Trinajstić information content (AvgIpc) is 3.12. The van der Waals surface area contributed by atoms with Crippen molar-refractivity contribution in [1.82, 2.24) is 24.9 Å². The second-order valence-corrected chi connectivity index (χ2v) is 6.90. The average molecular weight is 329 g/mol. The summed E-state index contributed by atoms with van der Waals surface area (Å²) in [5, 5.41) is 11.7. The fourth-order valence-corrected chi connectivity index (χ4v) is 3.65. The Morgan fingerprint density at radius 1 is 1.38 bits per heavy atom. The van der Waals surface area contributed by atoms with E-state index in [2.05, 4.69) is 35.2 Å². The van der Waals surface area contributed by atoms with Crippen molar-refractivity contribution < 1.29 is 4.79 Å².